The number of hydrogen-bond donors (Lipinski definition) is 1. The van der Waals surface area contributed by atoms with Crippen LogP contribution in [0.2, 0.25) is 0 Å². The smallest absolute Gasteiger partial charge is 0.416 e. The average molecular weight is 426 g/mol. The lowest BCUT2D eigenvalue weighted by Crippen LogP contribution is -2.62. The third kappa shape index (κ3) is 5.15. The number of ether oxygens (including phenoxy) is 2. The number of likely N-dealkylation sites (tertiary alicyclic amines) is 1. The maximum Gasteiger partial charge on any atom is 0.416 e. The maximum absolute atomic E-state index is 13.3. The Hall–Kier alpha value is -2.07. The molecule has 30 heavy (non-hydrogen) atoms. The SMILES string of the molecule is OC(COc1cc(-c2ccoc2)cc(C(F)(F)F)c1)CN1CC(N2CCOCC2)C1. The fraction of sp³-hybridized carbons (Fsp3) is 0.524. The van der Waals surface area contributed by atoms with Gasteiger partial charge in [-0.3, -0.25) is 9.80 Å². The molecule has 1 aromatic heterocycles. The molecule has 2 saturated heterocycles. The first kappa shape index (κ1) is 21.2. The molecule has 1 aromatic carbocycles. The van der Waals surface area contributed by atoms with Crippen molar-refractivity contribution in [3.63, 3.8) is 0 Å². The van der Waals surface area contributed by atoms with E-state index in [-0.39, 0.29) is 12.4 Å². The minimum absolute atomic E-state index is 0.0647. The van der Waals surface area contributed by atoms with Crippen molar-refractivity contribution in [3.05, 3.63) is 42.4 Å². The number of morpholine rings is 1. The molecule has 0 amide bonds. The summed E-state index contributed by atoms with van der Waals surface area (Å²) in [5, 5.41) is 10.3. The van der Waals surface area contributed by atoms with Gasteiger partial charge in [0, 0.05) is 44.3 Å². The molecule has 1 atom stereocenters. The third-order valence-electron chi connectivity index (χ3n) is 5.50. The molecule has 0 radical (unpaired) electrons. The van der Waals surface area contributed by atoms with Crippen molar-refractivity contribution >= 4 is 0 Å². The molecular weight excluding hydrogens is 401 g/mol. The van der Waals surface area contributed by atoms with Crippen molar-refractivity contribution in [2.75, 3.05) is 52.5 Å². The molecule has 0 bridgehead atoms. The number of alkyl halides is 3. The van der Waals surface area contributed by atoms with Crippen molar-refractivity contribution in [1.29, 1.82) is 0 Å². The van der Waals surface area contributed by atoms with Crippen molar-refractivity contribution in [3.8, 4) is 16.9 Å². The summed E-state index contributed by atoms with van der Waals surface area (Å²) in [4.78, 5) is 4.51. The topological polar surface area (TPSA) is 58.3 Å². The number of hydrogen-bond acceptors (Lipinski definition) is 6. The summed E-state index contributed by atoms with van der Waals surface area (Å²) in [5.74, 6) is 0.0647. The Bertz CT molecular complexity index is 816. The molecule has 2 aliphatic heterocycles. The Morgan fingerprint density at radius 1 is 1.13 bits per heavy atom. The zero-order chi connectivity index (χ0) is 21.1. The van der Waals surface area contributed by atoms with Gasteiger partial charge in [0.2, 0.25) is 0 Å². The van der Waals surface area contributed by atoms with Crippen LogP contribution >= 0.6 is 0 Å². The maximum atomic E-state index is 13.3. The van der Waals surface area contributed by atoms with Crippen LogP contribution in [0.1, 0.15) is 5.56 Å². The highest BCUT2D eigenvalue weighted by Crippen LogP contribution is 2.35. The molecule has 1 N–H and O–H groups in total. The quantitative estimate of drug-likeness (QED) is 0.735. The highest BCUT2D eigenvalue weighted by molar-refractivity contribution is 5.65. The number of benzene rings is 1. The molecule has 2 fully saturated rings. The number of furan rings is 1. The van der Waals surface area contributed by atoms with Gasteiger partial charge >= 0.3 is 6.18 Å². The molecule has 0 spiro atoms. The Labute approximate surface area is 172 Å². The molecule has 0 aliphatic carbocycles. The molecule has 9 heteroatoms. The Balaban J connectivity index is 1.31. The van der Waals surface area contributed by atoms with Crippen molar-refractivity contribution < 1.29 is 32.2 Å². The summed E-state index contributed by atoms with van der Waals surface area (Å²) >= 11 is 0. The van der Waals surface area contributed by atoms with Crippen LogP contribution in [0.15, 0.2) is 41.2 Å². The summed E-state index contributed by atoms with van der Waals surface area (Å²) in [6.07, 6.45) is -2.51. The van der Waals surface area contributed by atoms with Crippen LogP contribution in [-0.4, -0.2) is 79.6 Å². The van der Waals surface area contributed by atoms with E-state index in [0.29, 0.717) is 23.7 Å². The second kappa shape index (κ2) is 8.97. The van der Waals surface area contributed by atoms with E-state index < -0.39 is 17.8 Å². The van der Waals surface area contributed by atoms with Gasteiger partial charge in [0.05, 0.1) is 31.3 Å². The number of halogens is 3. The van der Waals surface area contributed by atoms with Gasteiger partial charge in [0.1, 0.15) is 18.5 Å². The molecule has 6 nitrogen and oxygen atoms in total. The molecule has 164 valence electrons. The minimum Gasteiger partial charge on any atom is -0.491 e. The molecule has 3 heterocycles. The van der Waals surface area contributed by atoms with E-state index in [1.165, 1.54) is 18.6 Å². The van der Waals surface area contributed by atoms with Crippen LogP contribution in [0.25, 0.3) is 11.1 Å². The van der Waals surface area contributed by atoms with E-state index >= 15 is 0 Å². The van der Waals surface area contributed by atoms with Crippen LogP contribution in [0, 0.1) is 0 Å². The van der Waals surface area contributed by atoms with Crippen LogP contribution < -0.4 is 4.74 Å². The highest BCUT2D eigenvalue weighted by Gasteiger charge is 2.34. The van der Waals surface area contributed by atoms with Gasteiger partial charge in [-0.25, -0.2) is 0 Å². The van der Waals surface area contributed by atoms with Crippen LogP contribution in [0.3, 0.4) is 0 Å². The molecule has 1 unspecified atom stereocenters. The summed E-state index contributed by atoms with van der Waals surface area (Å²) in [7, 11) is 0. The van der Waals surface area contributed by atoms with Gasteiger partial charge in [-0.1, -0.05) is 0 Å². The van der Waals surface area contributed by atoms with Gasteiger partial charge in [0.15, 0.2) is 0 Å². The Kier molecular flexibility index (Phi) is 6.33. The van der Waals surface area contributed by atoms with Crippen LogP contribution in [-0.2, 0) is 10.9 Å². The minimum atomic E-state index is -4.50. The monoisotopic (exact) mass is 426 g/mol. The third-order valence-corrected chi connectivity index (χ3v) is 5.50. The van der Waals surface area contributed by atoms with E-state index in [1.54, 1.807) is 6.07 Å². The van der Waals surface area contributed by atoms with Gasteiger partial charge in [0.25, 0.3) is 0 Å². The van der Waals surface area contributed by atoms with Gasteiger partial charge in [-0.15, -0.1) is 0 Å². The first-order valence-corrected chi connectivity index (χ1v) is 9.98. The fourth-order valence-electron chi connectivity index (χ4n) is 3.85. The molecule has 2 aromatic rings. The summed E-state index contributed by atoms with van der Waals surface area (Å²) < 4.78 is 55.6. The number of aliphatic hydroxyl groups is 1. The van der Waals surface area contributed by atoms with E-state index in [4.69, 9.17) is 13.9 Å². The van der Waals surface area contributed by atoms with Crippen LogP contribution in [0.5, 0.6) is 5.75 Å². The zero-order valence-corrected chi connectivity index (χ0v) is 16.5. The summed E-state index contributed by atoms with van der Waals surface area (Å²) in [5.41, 5.74) is 0.0715. The molecule has 2 aliphatic rings. The van der Waals surface area contributed by atoms with E-state index in [2.05, 4.69) is 9.80 Å². The lowest BCUT2D eigenvalue weighted by molar-refractivity contribution is -0.137. The van der Waals surface area contributed by atoms with Crippen molar-refractivity contribution in [2.45, 2.75) is 18.3 Å². The van der Waals surface area contributed by atoms with Gasteiger partial charge in [-0.05, 0) is 29.8 Å². The van der Waals surface area contributed by atoms with Crippen LogP contribution in [0.4, 0.5) is 13.2 Å². The van der Waals surface area contributed by atoms with E-state index in [0.717, 1.165) is 51.5 Å². The average Bonchev–Trinajstić information content (AvgIpc) is 3.23. The lowest BCUT2D eigenvalue weighted by atomic mass is 10.0. The molecule has 4 rings (SSSR count). The Morgan fingerprint density at radius 2 is 1.90 bits per heavy atom. The Morgan fingerprint density at radius 3 is 2.57 bits per heavy atom. The van der Waals surface area contributed by atoms with Gasteiger partial charge in [-0.2, -0.15) is 13.2 Å². The normalized spacial score (nSPS) is 20.1. The standard InChI is InChI=1S/C21H25F3N2O4/c22-21(23,24)17-7-16(15-1-4-29-13-15)8-20(9-17)30-14-19(27)12-25-10-18(11-25)26-2-5-28-6-3-26/h1,4,7-9,13,18-19,27H,2-3,5-6,10-12,14H2. The highest BCUT2D eigenvalue weighted by atomic mass is 19.4. The lowest BCUT2D eigenvalue weighted by Gasteiger charge is -2.47. The first-order valence-electron chi connectivity index (χ1n) is 9.98. The summed E-state index contributed by atoms with van der Waals surface area (Å²) in [6.45, 7) is 5.45. The molecule has 0 saturated carbocycles. The number of rotatable bonds is 7. The summed E-state index contributed by atoms with van der Waals surface area (Å²) in [6, 6.07) is 5.59. The number of β-amino-alcohol motifs (C(OH)–C–C–N with tert-alkyl or cyclic N) is 1. The second-order valence-electron chi connectivity index (χ2n) is 7.74. The first-order chi connectivity index (χ1) is 14.4. The number of aliphatic hydroxyl groups excluding tert-OH is 1. The predicted octanol–water partition coefficient (Wildman–Crippen LogP) is 2.72. The largest absolute Gasteiger partial charge is 0.491 e. The second-order valence-corrected chi connectivity index (χ2v) is 7.74. The molecular formula is C21H25F3N2O4. The number of nitrogens with zero attached hydrogens (tertiary/aromatic N) is 2. The van der Waals surface area contributed by atoms with Gasteiger partial charge < -0.3 is 19.0 Å². The van der Waals surface area contributed by atoms with Crippen molar-refractivity contribution in [2.24, 2.45) is 0 Å². The zero-order valence-electron chi connectivity index (χ0n) is 16.5. The van der Waals surface area contributed by atoms with E-state index in [9.17, 15) is 18.3 Å². The van der Waals surface area contributed by atoms with E-state index in [1.807, 2.05) is 0 Å². The predicted molar refractivity (Wildman–Crippen MR) is 103 cm³/mol. The fourth-order valence-corrected chi connectivity index (χ4v) is 3.85. The van der Waals surface area contributed by atoms with Crippen molar-refractivity contribution in [1.82, 2.24) is 9.80 Å².